The summed E-state index contributed by atoms with van der Waals surface area (Å²) in [5.41, 5.74) is 2.43. The lowest BCUT2D eigenvalue weighted by molar-refractivity contribution is -0.137. The zero-order valence-corrected chi connectivity index (χ0v) is 22.4. The molecular formula is C28H29F3N8O. The van der Waals surface area contributed by atoms with Crippen LogP contribution in [-0.4, -0.2) is 39.3 Å². The maximum Gasteiger partial charge on any atom is 0.419 e. The van der Waals surface area contributed by atoms with Crippen LogP contribution in [0, 0.1) is 0 Å². The number of aromatic nitrogens is 8. The fourth-order valence-electron chi connectivity index (χ4n) is 4.76. The number of aromatic amines is 1. The van der Waals surface area contributed by atoms with Crippen LogP contribution in [0.1, 0.15) is 56.6 Å². The second kappa shape index (κ2) is 10.9. The molecule has 4 aromatic heterocycles. The molecule has 0 saturated heterocycles. The first-order valence-corrected chi connectivity index (χ1v) is 13.1. The van der Waals surface area contributed by atoms with E-state index in [1.165, 1.54) is 15.3 Å². The first-order valence-electron chi connectivity index (χ1n) is 13.1. The van der Waals surface area contributed by atoms with E-state index in [0.717, 1.165) is 40.2 Å². The van der Waals surface area contributed by atoms with Crippen molar-refractivity contribution in [2.24, 2.45) is 0 Å². The molecule has 208 valence electrons. The molecule has 5 rings (SSSR count). The highest BCUT2D eigenvalue weighted by molar-refractivity contribution is 5.70. The average Bonchev–Trinajstić information content (AvgIpc) is 3.68. The molecule has 12 heteroatoms. The highest BCUT2D eigenvalue weighted by Gasteiger charge is 2.37. The van der Waals surface area contributed by atoms with Gasteiger partial charge in [0.1, 0.15) is 5.82 Å². The van der Waals surface area contributed by atoms with Gasteiger partial charge in [0.2, 0.25) is 5.82 Å². The van der Waals surface area contributed by atoms with Crippen molar-refractivity contribution in [3.8, 4) is 28.3 Å². The van der Waals surface area contributed by atoms with Crippen LogP contribution in [0.3, 0.4) is 0 Å². The number of benzene rings is 1. The van der Waals surface area contributed by atoms with Crippen molar-refractivity contribution >= 4 is 0 Å². The standard InChI is InChI=1S/C28H29F3N8O/c1-4-5-9-23-17-39(26-24(28(29,30)31)11-13-37(26)18(2)3)27(40)38(23)16-22-15-20(10-12-32-22)19-7-6-8-21(14-19)25-33-35-36-34-25/h6-8,10-15,17-18H,4-5,9,16H2,1-3H3,(H,33,34,35,36). The fraction of sp³-hybridized carbons (Fsp3) is 0.321. The van der Waals surface area contributed by atoms with Crippen LogP contribution < -0.4 is 5.69 Å². The number of H-pyrrole nitrogens is 1. The number of tetrazole rings is 1. The Bertz CT molecular complexity index is 1660. The van der Waals surface area contributed by atoms with Crippen LogP contribution in [-0.2, 0) is 19.1 Å². The summed E-state index contributed by atoms with van der Waals surface area (Å²) in [5, 5.41) is 14.1. The molecule has 0 atom stereocenters. The number of aryl methyl sites for hydroxylation is 1. The van der Waals surface area contributed by atoms with E-state index >= 15 is 0 Å². The second-order valence-corrected chi connectivity index (χ2v) is 9.87. The third-order valence-electron chi connectivity index (χ3n) is 6.76. The number of nitrogens with zero attached hydrogens (tertiary/aromatic N) is 7. The zero-order chi connectivity index (χ0) is 28.4. The van der Waals surface area contributed by atoms with Crippen molar-refractivity contribution in [1.29, 1.82) is 0 Å². The van der Waals surface area contributed by atoms with E-state index in [1.54, 1.807) is 26.2 Å². The van der Waals surface area contributed by atoms with Gasteiger partial charge in [-0.1, -0.05) is 31.5 Å². The molecule has 0 saturated carbocycles. The van der Waals surface area contributed by atoms with Gasteiger partial charge < -0.3 is 4.57 Å². The average molecular weight is 551 g/mol. The van der Waals surface area contributed by atoms with Gasteiger partial charge in [-0.15, -0.1) is 10.2 Å². The Morgan fingerprint density at radius 3 is 2.52 bits per heavy atom. The number of hydrogen-bond acceptors (Lipinski definition) is 5. The summed E-state index contributed by atoms with van der Waals surface area (Å²) >= 11 is 0. The van der Waals surface area contributed by atoms with Crippen LogP contribution >= 0.6 is 0 Å². The summed E-state index contributed by atoms with van der Waals surface area (Å²) in [5.74, 6) is 0.290. The Labute approximate surface area is 228 Å². The van der Waals surface area contributed by atoms with Gasteiger partial charge >= 0.3 is 11.9 Å². The van der Waals surface area contributed by atoms with Crippen molar-refractivity contribution in [3.05, 3.63) is 88.5 Å². The lowest BCUT2D eigenvalue weighted by Gasteiger charge is -2.16. The summed E-state index contributed by atoms with van der Waals surface area (Å²) in [4.78, 5) is 18.2. The SMILES string of the molecule is CCCCc1cn(-c2c(C(F)(F)F)ccn2C(C)C)c(=O)n1Cc1cc(-c2cccc(-c3nn[nH]n3)c2)ccn1. The smallest absolute Gasteiger partial charge is 0.331 e. The van der Waals surface area contributed by atoms with E-state index in [-0.39, 0.29) is 18.4 Å². The van der Waals surface area contributed by atoms with E-state index in [4.69, 9.17) is 0 Å². The Morgan fingerprint density at radius 1 is 1.05 bits per heavy atom. The number of nitrogens with one attached hydrogen (secondary N) is 1. The largest absolute Gasteiger partial charge is 0.419 e. The molecule has 0 aliphatic carbocycles. The van der Waals surface area contributed by atoms with Crippen LogP contribution in [0.5, 0.6) is 0 Å². The molecule has 9 nitrogen and oxygen atoms in total. The lowest BCUT2D eigenvalue weighted by atomic mass is 10.0. The number of imidazole rings is 1. The lowest BCUT2D eigenvalue weighted by Crippen LogP contribution is -2.28. The number of unbranched alkanes of at least 4 members (excludes halogenated alkanes) is 1. The molecule has 1 aromatic carbocycles. The second-order valence-electron chi connectivity index (χ2n) is 9.87. The monoisotopic (exact) mass is 550 g/mol. The molecule has 4 heterocycles. The Morgan fingerprint density at radius 2 is 1.82 bits per heavy atom. The molecule has 0 spiro atoms. The molecule has 0 radical (unpaired) electrons. The van der Waals surface area contributed by atoms with E-state index in [1.807, 2.05) is 43.3 Å². The van der Waals surface area contributed by atoms with Gasteiger partial charge in [-0.3, -0.25) is 14.1 Å². The Balaban J connectivity index is 1.56. The maximum atomic E-state index is 14.0. The molecule has 0 unspecified atom stereocenters. The molecule has 0 bridgehead atoms. The van der Waals surface area contributed by atoms with Gasteiger partial charge in [-0.2, -0.15) is 18.4 Å². The van der Waals surface area contributed by atoms with E-state index in [2.05, 4.69) is 25.6 Å². The molecule has 0 fully saturated rings. The molecule has 1 N–H and O–H groups in total. The van der Waals surface area contributed by atoms with Gasteiger partial charge in [0.25, 0.3) is 0 Å². The quantitative estimate of drug-likeness (QED) is 0.255. The van der Waals surface area contributed by atoms with Gasteiger partial charge in [-0.05, 0) is 67.3 Å². The van der Waals surface area contributed by atoms with E-state index in [0.29, 0.717) is 23.6 Å². The van der Waals surface area contributed by atoms with Gasteiger partial charge in [0, 0.05) is 35.9 Å². The Kier molecular flexibility index (Phi) is 7.42. The minimum Gasteiger partial charge on any atom is -0.331 e. The molecule has 5 aromatic rings. The van der Waals surface area contributed by atoms with Crippen molar-refractivity contribution in [2.75, 3.05) is 0 Å². The summed E-state index contributed by atoms with van der Waals surface area (Å²) in [6.07, 6.45) is 2.19. The fourth-order valence-corrected chi connectivity index (χ4v) is 4.76. The maximum absolute atomic E-state index is 14.0. The third-order valence-corrected chi connectivity index (χ3v) is 6.76. The summed E-state index contributed by atoms with van der Waals surface area (Å²) < 4.78 is 46.0. The van der Waals surface area contributed by atoms with Gasteiger partial charge in [-0.25, -0.2) is 4.79 Å². The van der Waals surface area contributed by atoms with Crippen molar-refractivity contribution in [1.82, 2.24) is 39.3 Å². The minimum absolute atomic E-state index is 0.118. The molecule has 0 aliphatic heterocycles. The predicted octanol–water partition coefficient (Wildman–Crippen LogP) is 5.67. The van der Waals surface area contributed by atoms with Crippen LogP contribution in [0.2, 0.25) is 0 Å². The number of pyridine rings is 1. The van der Waals surface area contributed by atoms with Crippen molar-refractivity contribution in [2.45, 2.75) is 58.8 Å². The molecule has 40 heavy (non-hydrogen) atoms. The summed E-state index contributed by atoms with van der Waals surface area (Å²) in [6.45, 7) is 5.71. The summed E-state index contributed by atoms with van der Waals surface area (Å²) in [6, 6.07) is 12.1. The van der Waals surface area contributed by atoms with Crippen LogP contribution in [0.15, 0.2) is 65.8 Å². The van der Waals surface area contributed by atoms with Crippen molar-refractivity contribution < 1.29 is 13.2 Å². The zero-order valence-electron chi connectivity index (χ0n) is 22.4. The molecular weight excluding hydrogens is 521 g/mol. The van der Waals surface area contributed by atoms with E-state index in [9.17, 15) is 18.0 Å². The predicted molar refractivity (Wildman–Crippen MR) is 144 cm³/mol. The van der Waals surface area contributed by atoms with Gasteiger partial charge in [0.15, 0.2) is 0 Å². The first-order chi connectivity index (χ1) is 19.2. The third kappa shape index (κ3) is 5.33. The normalized spacial score (nSPS) is 12.0. The minimum atomic E-state index is -4.60. The number of hydrogen-bond donors (Lipinski definition) is 1. The Hall–Kier alpha value is -4.48. The van der Waals surface area contributed by atoms with E-state index < -0.39 is 17.4 Å². The first kappa shape index (κ1) is 27.1. The van der Waals surface area contributed by atoms with Crippen molar-refractivity contribution in [3.63, 3.8) is 0 Å². The highest BCUT2D eigenvalue weighted by atomic mass is 19.4. The number of halogens is 3. The number of rotatable bonds is 9. The topological polar surface area (TPSA) is 99.2 Å². The van der Waals surface area contributed by atoms with Crippen LogP contribution in [0.4, 0.5) is 13.2 Å². The molecule has 0 aliphatic rings. The van der Waals surface area contributed by atoms with Crippen LogP contribution in [0.25, 0.3) is 28.3 Å². The number of alkyl halides is 3. The summed E-state index contributed by atoms with van der Waals surface area (Å²) in [7, 11) is 0. The highest BCUT2D eigenvalue weighted by Crippen LogP contribution is 2.35. The molecule has 0 amide bonds. The van der Waals surface area contributed by atoms with Gasteiger partial charge in [0.05, 0.1) is 17.8 Å².